The fourth-order valence-corrected chi connectivity index (χ4v) is 4.63. The number of hydrogen-bond donors (Lipinski definition) is 2. The van der Waals surface area contributed by atoms with Crippen molar-refractivity contribution in [2.24, 2.45) is 5.92 Å². The molecule has 0 unspecified atom stereocenters. The summed E-state index contributed by atoms with van der Waals surface area (Å²) in [5, 5.41) is 6.05. The van der Waals surface area contributed by atoms with E-state index in [9.17, 15) is 14.4 Å². The highest BCUT2D eigenvalue weighted by Gasteiger charge is 2.29. The van der Waals surface area contributed by atoms with Crippen LogP contribution in [0.2, 0.25) is 5.02 Å². The molecule has 0 bridgehead atoms. The van der Waals surface area contributed by atoms with Gasteiger partial charge in [-0.05, 0) is 37.0 Å². The molecule has 10 heteroatoms. The molecule has 0 spiro atoms. The summed E-state index contributed by atoms with van der Waals surface area (Å²) in [7, 11) is 0. The Kier molecular flexibility index (Phi) is 8.16. The molecule has 0 aromatic heterocycles. The summed E-state index contributed by atoms with van der Waals surface area (Å²) in [6.45, 7) is 7.15. The van der Waals surface area contributed by atoms with Crippen LogP contribution in [-0.4, -0.2) is 80.0 Å². The molecule has 4 amide bonds. The average molecular weight is 470 g/mol. The lowest BCUT2D eigenvalue weighted by atomic mass is 9.95. The first-order valence-electron chi connectivity index (χ1n) is 10.6. The molecule has 3 saturated heterocycles. The highest BCUT2D eigenvalue weighted by molar-refractivity contribution is 6.34. The largest absolute Gasteiger partial charge is 0.339 e. The van der Waals surface area contributed by atoms with Crippen LogP contribution in [0.4, 0.5) is 10.5 Å². The molecule has 4 rings (SSSR count). The standard InChI is InChI=1S/C21H28ClN5O3.ClH/c22-17-2-1-16(13-18(17)27-10-5-19(28)24-21(27)30)20(29)26-8-3-15(4-9-26)14-25-11-6-23-7-12-25;/h1-2,13,15,23H,3-12,14H2,(H,24,28,30);1H. The van der Waals surface area contributed by atoms with Gasteiger partial charge in [-0.2, -0.15) is 0 Å². The Hall–Kier alpha value is -1.87. The number of likely N-dealkylation sites (tertiary alicyclic amines) is 1. The second-order valence-electron chi connectivity index (χ2n) is 8.21. The zero-order chi connectivity index (χ0) is 21.1. The summed E-state index contributed by atoms with van der Waals surface area (Å²) in [6.07, 6.45) is 2.22. The molecule has 3 fully saturated rings. The van der Waals surface area contributed by atoms with E-state index in [0.717, 1.165) is 58.7 Å². The normalized spacial score (nSPS) is 20.9. The van der Waals surface area contributed by atoms with Crippen molar-refractivity contribution in [3.05, 3.63) is 28.8 Å². The lowest BCUT2D eigenvalue weighted by Crippen LogP contribution is -2.49. The van der Waals surface area contributed by atoms with E-state index in [1.165, 1.54) is 4.90 Å². The number of piperazine rings is 1. The van der Waals surface area contributed by atoms with Crippen molar-refractivity contribution in [1.82, 2.24) is 20.4 Å². The molecule has 3 aliphatic heterocycles. The number of benzene rings is 1. The summed E-state index contributed by atoms with van der Waals surface area (Å²) < 4.78 is 0. The van der Waals surface area contributed by atoms with Crippen LogP contribution in [0, 0.1) is 5.92 Å². The molecular formula is C21H29Cl2N5O3. The minimum atomic E-state index is -0.508. The highest BCUT2D eigenvalue weighted by atomic mass is 35.5. The Balaban J connectivity index is 0.00000272. The molecule has 8 nitrogen and oxygen atoms in total. The molecular weight excluding hydrogens is 441 g/mol. The van der Waals surface area contributed by atoms with E-state index in [4.69, 9.17) is 11.6 Å². The summed E-state index contributed by atoms with van der Waals surface area (Å²) in [6, 6.07) is 4.50. The Labute approximate surface area is 193 Å². The molecule has 3 aliphatic rings. The number of piperidine rings is 1. The molecule has 0 aliphatic carbocycles. The van der Waals surface area contributed by atoms with E-state index < -0.39 is 6.03 Å². The molecule has 0 atom stereocenters. The number of imide groups is 1. The van der Waals surface area contributed by atoms with E-state index >= 15 is 0 Å². The van der Waals surface area contributed by atoms with E-state index in [-0.39, 0.29) is 37.2 Å². The molecule has 1 aromatic carbocycles. The van der Waals surface area contributed by atoms with Gasteiger partial charge in [0.2, 0.25) is 5.91 Å². The Morgan fingerprint density at radius 1 is 1.06 bits per heavy atom. The number of urea groups is 1. The second-order valence-corrected chi connectivity index (χ2v) is 8.61. The van der Waals surface area contributed by atoms with Gasteiger partial charge >= 0.3 is 6.03 Å². The van der Waals surface area contributed by atoms with Crippen molar-refractivity contribution in [2.75, 3.05) is 57.3 Å². The minimum Gasteiger partial charge on any atom is -0.339 e. The number of halogens is 2. The number of anilines is 1. The summed E-state index contributed by atoms with van der Waals surface area (Å²) in [5.74, 6) is 0.285. The van der Waals surface area contributed by atoms with Crippen LogP contribution < -0.4 is 15.5 Å². The Morgan fingerprint density at radius 3 is 2.45 bits per heavy atom. The maximum atomic E-state index is 13.1. The van der Waals surface area contributed by atoms with Crippen molar-refractivity contribution in [3.8, 4) is 0 Å². The predicted octanol–water partition coefficient (Wildman–Crippen LogP) is 1.97. The van der Waals surface area contributed by atoms with Crippen LogP contribution in [0.25, 0.3) is 0 Å². The highest BCUT2D eigenvalue weighted by Crippen LogP contribution is 2.29. The number of rotatable bonds is 4. The topological polar surface area (TPSA) is 85.0 Å². The smallest absolute Gasteiger partial charge is 0.328 e. The van der Waals surface area contributed by atoms with Gasteiger partial charge in [-0.3, -0.25) is 19.8 Å². The third-order valence-corrected chi connectivity index (χ3v) is 6.49. The van der Waals surface area contributed by atoms with Crippen LogP contribution in [0.3, 0.4) is 0 Å². The molecule has 0 saturated carbocycles. The maximum Gasteiger partial charge on any atom is 0.328 e. The van der Waals surface area contributed by atoms with E-state index in [0.29, 0.717) is 22.2 Å². The van der Waals surface area contributed by atoms with Crippen molar-refractivity contribution in [1.29, 1.82) is 0 Å². The quantitative estimate of drug-likeness (QED) is 0.703. The van der Waals surface area contributed by atoms with E-state index in [1.54, 1.807) is 18.2 Å². The fourth-order valence-electron chi connectivity index (χ4n) is 4.41. The van der Waals surface area contributed by atoms with Gasteiger partial charge < -0.3 is 15.1 Å². The summed E-state index contributed by atoms with van der Waals surface area (Å²) in [4.78, 5) is 42.5. The number of nitrogens with zero attached hydrogens (tertiary/aromatic N) is 3. The van der Waals surface area contributed by atoms with Gasteiger partial charge in [-0.1, -0.05) is 11.6 Å². The number of carbonyl (C=O) groups is 3. The van der Waals surface area contributed by atoms with Crippen LogP contribution in [0.15, 0.2) is 18.2 Å². The molecule has 2 N–H and O–H groups in total. The van der Waals surface area contributed by atoms with Gasteiger partial charge in [0.05, 0.1) is 10.7 Å². The first kappa shape index (κ1) is 23.8. The predicted molar refractivity (Wildman–Crippen MR) is 122 cm³/mol. The summed E-state index contributed by atoms with van der Waals surface area (Å²) in [5.41, 5.74) is 0.973. The average Bonchev–Trinajstić information content (AvgIpc) is 2.75. The lowest BCUT2D eigenvalue weighted by molar-refractivity contribution is -0.120. The van der Waals surface area contributed by atoms with Crippen LogP contribution in [-0.2, 0) is 4.79 Å². The molecule has 0 radical (unpaired) electrons. The van der Waals surface area contributed by atoms with Crippen LogP contribution >= 0.6 is 24.0 Å². The van der Waals surface area contributed by atoms with E-state index in [2.05, 4.69) is 15.5 Å². The van der Waals surface area contributed by atoms with Crippen LogP contribution in [0.5, 0.6) is 0 Å². The molecule has 3 heterocycles. The molecule has 170 valence electrons. The fraction of sp³-hybridized carbons (Fsp3) is 0.571. The monoisotopic (exact) mass is 469 g/mol. The van der Waals surface area contributed by atoms with Crippen LogP contribution in [0.1, 0.15) is 29.6 Å². The van der Waals surface area contributed by atoms with Gasteiger partial charge in [-0.15, -0.1) is 12.4 Å². The van der Waals surface area contributed by atoms with Gasteiger partial charge in [0, 0.05) is 64.3 Å². The summed E-state index contributed by atoms with van der Waals surface area (Å²) >= 11 is 6.29. The SMILES string of the molecule is Cl.O=C1CCN(c2cc(C(=O)N3CCC(CN4CCNCC4)CC3)ccc2Cl)C(=O)N1. The molecule has 31 heavy (non-hydrogen) atoms. The molecule has 1 aromatic rings. The lowest BCUT2D eigenvalue weighted by Gasteiger charge is -2.36. The van der Waals surface area contributed by atoms with Gasteiger partial charge in [-0.25, -0.2) is 4.79 Å². The Morgan fingerprint density at radius 2 is 1.77 bits per heavy atom. The number of hydrogen-bond acceptors (Lipinski definition) is 5. The van der Waals surface area contributed by atoms with Gasteiger partial charge in [0.1, 0.15) is 0 Å². The second kappa shape index (κ2) is 10.6. The number of amides is 4. The van der Waals surface area contributed by atoms with Crippen molar-refractivity contribution in [2.45, 2.75) is 19.3 Å². The first-order valence-corrected chi connectivity index (χ1v) is 11.0. The zero-order valence-corrected chi connectivity index (χ0v) is 19.0. The minimum absolute atomic E-state index is 0. The maximum absolute atomic E-state index is 13.1. The first-order chi connectivity index (χ1) is 14.5. The third-order valence-electron chi connectivity index (χ3n) is 6.17. The van der Waals surface area contributed by atoms with E-state index in [1.807, 2.05) is 4.90 Å². The van der Waals surface area contributed by atoms with Crippen molar-refractivity contribution in [3.63, 3.8) is 0 Å². The van der Waals surface area contributed by atoms with Gasteiger partial charge in [0.25, 0.3) is 5.91 Å². The zero-order valence-electron chi connectivity index (χ0n) is 17.4. The number of nitrogens with one attached hydrogen (secondary N) is 2. The van der Waals surface area contributed by atoms with Crippen molar-refractivity contribution >= 4 is 47.5 Å². The number of carbonyl (C=O) groups excluding carboxylic acids is 3. The van der Waals surface area contributed by atoms with Crippen molar-refractivity contribution < 1.29 is 14.4 Å². The third kappa shape index (κ3) is 5.68. The Bertz CT molecular complexity index is 823. The van der Waals surface area contributed by atoms with Gasteiger partial charge in [0.15, 0.2) is 0 Å².